The molecule has 1 atom stereocenters. The van der Waals surface area contributed by atoms with E-state index in [1.54, 1.807) is 7.11 Å². The Balaban J connectivity index is 3.37. The van der Waals surface area contributed by atoms with Gasteiger partial charge >= 0.3 is 0 Å². The van der Waals surface area contributed by atoms with Crippen molar-refractivity contribution in [2.24, 2.45) is 10.9 Å². The van der Waals surface area contributed by atoms with Gasteiger partial charge < -0.3 is 25.7 Å². The van der Waals surface area contributed by atoms with Crippen LogP contribution in [0.5, 0.6) is 0 Å². The van der Waals surface area contributed by atoms with E-state index < -0.39 is 0 Å². The second kappa shape index (κ2) is 11.6. The topological polar surface area (TPSA) is 89.1 Å². The Hall–Kier alpha value is -0.850. The summed E-state index contributed by atoms with van der Waals surface area (Å²) in [6.07, 6.45) is 2.80. The molecule has 17 heavy (non-hydrogen) atoms. The lowest BCUT2D eigenvalue weighted by Gasteiger charge is -2.14. The fourth-order valence-electron chi connectivity index (χ4n) is 1.38. The van der Waals surface area contributed by atoms with Crippen LogP contribution < -0.4 is 11.1 Å². The molecule has 0 rings (SSSR count). The van der Waals surface area contributed by atoms with Gasteiger partial charge in [0.15, 0.2) is 5.84 Å². The fourth-order valence-corrected chi connectivity index (χ4v) is 1.38. The minimum absolute atomic E-state index is 0.0468. The number of hydrogen-bond donors (Lipinski definition) is 3. The Kier molecular flexibility index (Phi) is 11.0. The molecular weight excluding hydrogens is 222 g/mol. The summed E-state index contributed by atoms with van der Waals surface area (Å²) < 4.78 is 10.2. The molecule has 1 unspecified atom stereocenters. The third-order valence-electron chi connectivity index (χ3n) is 2.42. The van der Waals surface area contributed by atoms with Crippen molar-refractivity contribution in [2.45, 2.75) is 32.2 Å². The minimum atomic E-state index is -0.0468. The molecule has 0 spiro atoms. The maximum absolute atomic E-state index is 8.55. The highest BCUT2D eigenvalue weighted by Crippen LogP contribution is 1.94. The van der Waals surface area contributed by atoms with Crippen molar-refractivity contribution in [3.8, 4) is 0 Å². The van der Waals surface area contributed by atoms with Gasteiger partial charge in [0.1, 0.15) is 0 Å². The van der Waals surface area contributed by atoms with Crippen LogP contribution in [0.4, 0.5) is 0 Å². The molecule has 6 heteroatoms. The summed E-state index contributed by atoms with van der Waals surface area (Å²) in [7, 11) is 1.66. The van der Waals surface area contributed by atoms with Crippen LogP contribution in [0.15, 0.2) is 5.16 Å². The summed E-state index contributed by atoms with van der Waals surface area (Å²) in [5.74, 6) is 0.240. The van der Waals surface area contributed by atoms with E-state index in [0.29, 0.717) is 13.2 Å². The lowest BCUT2D eigenvalue weighted by molar-refractivity contribution is 0.0688. The number of methoxy groups -OCH3 is 1. The van der Waals surface area contributed by atoms with Gasteiger partial charge in [0.2, 0.25) is 0 Å². The Bertz CT molecular complexity index is 200. The number of nitrogens with one attached hydrogen (secondary N) is 1. The highest BCUT2D eigenvalue weighted by molar-refractivity contribution is 5.85. The normalized spacial score (nSPS) is 13.9. The van der Waals surface area contributed by atoms with Crippen LogP contribution in [0.25, 0.3) is 0 Å². The molecule has 0 aromatic rings. The van der Waals surface area contributed by atoms with E-state index >= 15 is 0 Å². The van der Waals surface area contributed by atoms with Crippen molar-refractivity contribution in [1.82, 2.24) is 5.32 Å². The number of rotatable bonds is 11. The molecule has 6 nitrogen and oxygen atoms in total. The van der Waals surface area contributed by atoms with Gasteiger partial charge in [-0.3, -0.25) is 0 Å². The van der Waals surface area contributed by atoms with Gasteiger partial charge in [-0.15, -0.1) is 0 Å². The van der Waals surface area contributed by atoms with E-state index in [4.69, 9.17) is 20.4 Å². The maximum Gasteiger partial charge on any atom is 0.156 e. The van der Waals surface area contributed by atoms with Crippen molar-refractivity contribution in [3.63, 3.8) is 0 Å². The molecular formula is C11H25N3O3. The van der Waals surface area contributed by atoms with Crippen LogP contribution in [0.1, 0.15) is 26.2 Å². The van der Waals surface area contributed by atoms with Crippen LogP contribution in [-0.4, -0.2) is 50.6 Å². The SMILES string of the molecule is CCC(NCCCCOCCOC)C(N)=NO. The molecule has 0 saturated carbocycles. The average molecular weight is 247 g/mol. The van der Waals surface area contributed by atoms with Gasteiger partial charge in [-0.1, -0.05) is 12.1 Å². The first-order chi connectivity index (χ1) is 8.26. The largest absolute Gasteiger partial charge is 0.409 e. The third-order valence-corrected chi connectivity index (χ3v) is 2.42. The van der Waals surface area contributed by atoms with Crippen LogP contribution in [0.3, 0.4) is 0 Å². The van der Waals surface area contributed by atoms with E-state index in [-0.39, 0.29) is 11.9 Å². The van der Waals surface area contributed by atoms with Crippen molar-refractivity contribution in [2.75, 3.05) is 33.5 Å². The van der Waals surface area contributed by atoms with Gasteiger partial charge in [0.25, 0.3) is 0 Å². The molecule has 0 amide bonds. The summed E-state index contributed by atoms with van der Waals surface area (Å²) in [6, 6.07) is -0.0468. The lowest BCUT2D eigenvalue weighted by atomic mass is 10.2. The number of ether oxygens (including phenoxy) is 2. The minimum Gasteiger partial charge on any atom is -0.409 e. The predicted octanol–water partition coefficient (Wildman–Crippen LogP) is 0.544. The monoisotopic (exact) mass is 247 g/mol. The van der Waals surface area contributed by atoms with Crippen LogP contribution >= 0.6 is 0 Å². The third kappa shape index (κ3) is 8.91. The maximum atomic E-state index is 8.55. The first-order valence-corrected chi connectivity index (χ1v) is 6.03. The molecule has 102 valence electrons. The van der Waals surface area contributed by atoms with Crippen molar-refractivity contribution in [3.05, 3.63) is 0 Å². The van der Waals surface area contributed by atoms with Crippen molar-refractivity contribution >= 4 is 5.84 Å². The summed E-state index contributed by atoms with van der Waals surface area (Å²) in [5.41, 5.74) is 5.52. The van der Waals surface area contributed by atoms with E-state index in [1.165, 1.54) is 0 Å². The molecule has 0 radical (unpaired) electrons. The molecule has 4 N–H and O–H groups in total. The quantitative estimate of drug-likeness (QED) is 0.163. The fraction of sp³-hybridized carbons (Fsp3) is 0.909. The van der Waals surface area contributed by atoms with E-state index in [1.807, 2.05) is 6.92 Å². The van der Waals surface area contributed by atoms with E-state index in [2.05, 4.69) is 10.5 Å². The lowest BCUT2D eigenvalue weighted by Crippen LogP contribution is -2.41. The van der Waals surface area contributed by atoms with Crippen molar-refractivity contribution in [1.29, 1.82) is 0 Å². The first kappa shape index (κ1) is 16.1. The zero-order valence-electron chi connectivity index (χ0n) is 10.8. The summed E-state index contributed by atoms with van der Waals surface area (Å²) in [6.45, 7) is 4.85. The zero-order chi connectivity index (χ0) is 12.9. The highest BCUT2D eigenvalue weighted by atomic mass is 16.5. The molecule has 0 aliphatic carbocycles. The van der Waals surface area contributed by atoms with Gasteiger partial charge in [0.05, 0.1) is 19.3 Å². The van der Waals surface area contributed by atoms with Crippen LogP contribution in [0, 0.1) is 0 Å². The first-order valence-electron chi connectivity index (χ1n) is 6.03. The van der Waals surface area contributed by atoms with Gasteiger partial charge in [-0.25, -0.2) is 0 Å². The van der Waals surface area contributed by atoms with Gasteiger partial charge in [0, 0.05) is 13.7 Å². The smallest absolute Gasteiger partial charge is 0.156 e. The van der Waals surface area contributed by atoms with Crippen molar-refractivity contribution < 1.29 is 14.7 Å². The number of hydrogen-bond acceptors (Lipinski definition) is 5. The van der Waals surface area contributed by atoms with Gasteiger partial charge in [-0.05, 0) is 25.8 Å². The molecule has 0 heterocycles. The van der Waals surface area contributed by atoms with E-state index in [9.17, 15) is 0 Å². The number of amidine groups is 1. The highest BCUT2D eigenvalue weighted by Gasteiger charge is 2.09. The molecule has 0 aliphatic heterocycles. The zero-order valence-corrected chi connectivity index (χ0v) is 10.8. The number of unbranched alkanes of at least 4 members (excludes halogenated alkanes) is 1. The summed E-state index contributed by atoms with van der Waals surface area (Å²) in [5, 5.41) is 14.8. The molecule has 0 aliphatic rings. The number of oxime groups is 1. The van der Waals surface area contributed by atoms with E-state index in [0.717, 1.165) is 32.4 Å². The molecule has 0 bridgehead atoms. The molecule has 0 fully saturated rings. The second-order valence-electron chi connectivity index (χ2n) is 3.75. The summed E-state index contributed by atoms with van der Waals surface area (Å²) >= 11 is 0. The molecule has 0 aromatic carbocycles. The number of nitrogens with zero attached hydrogens (tertiary/aromatic N) is 1. The second-order valence-corrected chi connectivity index (χ2v) is 3.75. The Morgan fingerprint density at radius 1 is 1.35 bits per heavy atom. The van der Waals surface area contributed by atoms with Gasteiger partial charge in [-0.2, -0.15) is 0 Å². The Morgan fingerprint density at radius 3 is 2.71 bits per heavy atom. The van der Waals surface area contributed by atoms with Crippen LogP contribution in [-0.2, 0) is 9.47 Å². The predicted molar refractivity (Wildman–Crippen MR) is 67.4 cm³/mol. The molecule has 0 saturated heterocycles. The standard InChI is InChI=1S/C11H25N3O3/c1-3-10(11(12)14-15)13-6-4-5-7-17-9-8-16-2/h10,13,15H,3-9H2,1-2H3,(H2,12,14). The molecule has 0 aromatic heterocycles. The van der Waals surface area contributed by atoms with Crippen LogP contribution in [0.2, 0.25) is 0 Å². The Labute approximate surface area is 103 Å². The summed E-state index contributed by atoms with van der Waals surface area (Å²) in [4.78, 5) is 0. The Morgan fingerprint density at radius 2 is 2.12 bits per heavy atom. The average Bonchev–Trinajstić information content (AvgIpc) is 2.36. The number of nitrogens with two attached hydrogens (primary N) is 1.